The van der Waals surface area contributed by atoms with Gasteiger partial charge in [-0.1, -0.05) is 48.5 Å². The average molecular weight is 469 g/mol. The number of rotatable bonds is 9. The largest absolute Gasteiger partial charge is 0.479 e. The lowest BCUT2D eigenvalue weighted by atomic mass is 9.98. The molecule has 1 saturated heterocycles. The van der Waals surface area contributed by atoms with Crippen LogP contribution in [0.15, 0.2) is 48.5 Å². The Kier molecular flexibility index (Phi) is 7.44. The molecule has 0 bridgehead atoms. The molecule has 0 saturated carbocycles. The van der Waals surface area contributed by atoms with Gasteiger partial charge >= 0.3 is 12.1 Å². The molecule has 2 aromatic carbocycles. The van der Waals surface area contributed by atoms with Gasteiger partial charge in [0.05, 0.1) is 0 Å². The number of ether oxygens (including phenoxy) is 2. The second-order valence-corrected chi connectivity index (χ2v) is 8.48. The molecule has 1 fully saturated rings. The minimum atomic E-state index is -1.53. The molecular formula is C25H28N2O7. The predicted molar refractivity (Wildman–Crippen MR) is 122 cm³/mol. The summed E-state index contributed by atoms with van der Waals surface area (Å²) in [5.41, 5.74) is 4.57. The molecule has 1 aliphatic carbocycles. The molecule has 2 aromatic rings. The zero-order chi connectivity index (χ0) is 24.1. The van der Waals surface area contributed by atoms with Crippen molar-refractivity contribution in [2.45, 2.75) is 31.0 Å². The SMILES string of the molecule is O=C(NC[C@@H]1CCO[C@@H]1C(=O)NCCC(O)C(=O)O)OCC1c2ccccc2-c2ccccc21. The van der Waals surface area contributed by atoms with Gasteiger partial charge in [0.15, 0.2) is 6.10 Å². The van der Waals surface area contributed by atoms with Crippen molar-refractivity contribution < 1.29 is 34.1 Å². The third-order valence-electron chi connectivity index (χ3n) is 6.33. The first-order chi connectivity index (χ1) is 16.5. The Bertz CT molecular complexity index is 1010. The molecule has 0 radical (unpaired) electrons. The molecule has 3 atom stereocenters. The lowest BCUT2D eigenvalue weighted by Crippen LogP contribution is -2.43. The van der Waals surface area contributed by atoms with Gasteiger partial charge in [0, 0.05) is 38.0 Å². The summed E-state index contributed by atoms with van der Waals surface area (Å²) >= 11 is 0. The Morgan fingerprint density at radius 1 is 1.03 bits per heavy atom. The monoisotopic (exact) mass is 468 g/mol. The molecule has 4 N–H and O–H groups in total. The Morgan fingerprint density at radius 3 is 2.32 bits per heavy atom. The molecule has 9 nitrogen and oxygen atoms in total. The third kappa shape index (κ3) is 5.21. The molecule has 9 heteroatoms. The zero-order valence-electron chi connectivity index (χ0n) is 18.6. The highest BCUT2D eigenvalue weighted by molar-refractivity contribution is 5.82. The topological polar surface area (TPSA) is 134 Å². The molecule has 1 heterocycles. The van der Waals surface area contributed by atoms with E-state index >= 15 is 0 Å². The van der Waals surface area contributed by atoms with Crippen LogP contribution in [0.2, 0.25) is 0 Å². The highest BCUT2D eigenvalue weighted by atomic mass is 16.5. The van der Waals surface area contributed by atoms with E-state index in [0.717, 1.165) is 22.3 Å². The number of benzene rings is 2. The van der Waals surface area contributed by atoms with Crippen LogP contribution in [0.1, 0.15) is 29.9 Å². The summed E-state index contributed by atoms with van der Waals surface area (Å²) in [6, 6.07) is 16.2. The summed E-state index contributed by atoms with van der Waals surface area (Å²) in [4.78, 5) is 35.4. The van der Waals surface area contributed by atoms with Crippen LogP contribution in [0.4, 0.5) is 4.79 Å². The number of nitrogens with one attached hydrogen (secondary N) is 2. The molecule has 1 aliphatic heterocycles. The summed E-state index contributed by atoms with van der Waals surface area (Å²) in [6.07, 6.45) is -2.35. The second kappa shape index (κ2) is 10.7. The summed E-state index contributed by atoms with van der Waals surface area (Å²) in [6.45, 7) is 0.814. The number of carboxylic acid groups (broad SMARTS) is 1. The van der Waals surface area contributed by atoms with Gasteiger partial charge in [-0.3, -0.25) is 4.79 Å². The molecule has 0 spiro atoms. The van der Waals surface area contributed by atoms with Crippen molar-refractivity contribution in [2.75, 3.05) is 26.3 Å². The minimum Gasteiger partial charge on any atom is -0.479 e. The molecule has 34 heavy (non-hydrogen) atoms. The van der Waals surface area contributed by atoms with Crippen molar-refractivity contribution in [3.63, 3.8) is 0 Å². The van der Waals surface area contributed by atoms with Crippen LogP contribution in [0.3, 0.4) is 0 Å². The maximum Gasteiger partial charge on any atom is 0.407 e. The number of aliphatic hydroxyl groups excluding tert-OH is 1. The van der Waals surface area contributed by atoms with E-state index in [-0.39, 0.29) is 38.0 Å². The van der Waals surface area contributed by atoms with Crippen molar-refractivity contribution in [3.05, 3.63) is 59.7 Å². The molecule has 2 aliphatic rings. The fourth-order valence-corrected chi connectivity index (χ4v) is 4.55. The smallest absolute Gasteiger partial charge is 0.407 e. The number of alkyl carbamates (subject to hydrolysis) is 1. The van der Waals surface area contributed by atoms with Crippen LogP contribution in [0.25, 0.3) is 11.1 Å². The predicted octanol–water partition coefficient (Wildman–Crippen LogP) is 1.88. The van der Waals surface area contributed by atoms with Gasteiger partial charge in [-0.05, 0) is 28.7 Å². The van der Waals surface area contributed by atoms with E-state index in [1.54, 1.807) is 0 Å². The minimum absolute atomic E-state index is 0.0126. The fourth-order valence-electron chi connectivity index (χ4n) is 4.55. The average Bonchev–Trinajstić information content (AvgIpc) is 3.44. The fraction of sp³-hybridized carbons (Fsp3) is 0.400. The highest BCUT2D eigenvalue weighted by Crippen LogP contribution is 2.44. The van der Waals surface area contributed by atoms with Crippen LogP contribution in [-0.4, -0.2) is 66.7 Å². The first-order valence-corrected chi connectivity index (χ1v) is 11.3. The summed E-state index contributed by atoms with van der Waals surface area (Å²) in [5, 5.41) is 23.3. The van der Waals surface area contributed by atoms with Crippen molar-refractivity contribution >= 4 is 18.0 Å². The zero-order valence-corrected chi connectivity index (χ0v) is 18.6. The Balaban J connectivity index is 1.26. The number of fused-ring (bicyclic) bond motifs is 3. The number of hydrogen-bond donors (Lipinski definition) is 4. The number of hydrogen-bond acceptors (Lipinski definition) is 6. The number of carbonyl (C=O) groups is 3. The first-order valence-electron chi connectivity index (χ1n) is 11.3. The summed E-state index contributed by atoms with van der Waals surface area (Å²) < 4.78 is 11.0. The van der Waals surface area contributed by atoms with Crippen LogP contribution in [0.5, 0.6) is 0 Å². The number of carbonyl (C=O) groups excluding carboxylic acids is 2. The van der Waals surface area contributed by atoms with Gasteiger partial charge in [0.2, 0.25) is 5.91 Å². The Morgan fingerprint density at radius 2 is 1.68 bits per heavy atom. The second-order valence-electron chi connectivity index (χ2n) is 8.48. The van der Waals surface area contributed by atoms with Gasteiger partial charge in [0.1, 0.15) is 12.7 Å². The normalized spacial score (nSPS) is 19.7. The summed E-state index contributed by atoms with van der Waals surface area (Å²) in [5.74, 6) is -2.00. The van der Waals surface area contributed by atoms with E-state index in [0.29, 0.717) is 13.0 Å². The van der Waals surface area contributed by atoms with E-state index < -0.39 is 30.2 Å². The van der Waals surface area contributed by atoms with E-state index in [1.165, 1.54) is 0 Å². The summed E-state index contributed by atoms with van der Waals surface area (Å²) in [7, 11) is 0. The van der Waals surface area contributed by atoms with Crippen LogP contribution < -0.4 is 10.6 Å². The van der Waals surface area contributed by atoms with Gasteiger partial charge in [-0.15, -0.1) is 0 Å². The third-order valence-corrected chi connectivity index (χ3v) is 6.33. The number of amides is 2. The molecule has 2 amide bonds. The van der Waals surface area contributed by atoms with Crippen molar-refractivity contribution in [3.8, 4) is 11.1 Å². The van der Waals surface area contributed by atoms with Crippen molar-refractivity contribution in [1.29, 1.82) is 0 Å². The van der Waals surface area contributed by atoms with Crippen LogP contribution >= 0.6 is 0 Å². The van der Waals surface area contributed by atoms with E-state index in [9.17, 15) is 19.5 Å². The standard InChI is InChI=1S/C25H28N2O7/c28-21(24(30)31)9-11-26-23(29)22-15(10-12-33-22)13-27-25(32)34-14-20-18-7-3-1-5-16(18)17-6-2-4-8-19(17)20/h1-8,15,20-22,28H,9-14H2,(H,26,29)(H,27,32)(H,30,31)/t15-,21?,22-/m0/s1. The van der Waals surface area contributed by atoms with Gasteiger partial charge in [0.25, 0.3) is 0 Å². The van der Waals surface area contributed by atoms with E-state index in [4.69, 9.17) is 14.6 Å². The Hall–Kier alpha value is -3.43. The van der Waals surface area contributed by atoms with Crippen LogP contribution in [-0.2, 0) is 19.1 Å². The highest BCUT2D eigenvalue weighted by Gasteiger charge is 2.35. The molecule has 0 aromatic heterocycles. The van der Waals surface area contributed by atoms with Crippen molar-refractivity contribution in [2.24, 2.45) is 5.92 Å². The van der Waals surface area contributed by atoms with Crippen molar-refractivity contribution in [1.82, 2.24) is 10.6 Å². The molecule has 180 valence electrons. The Labute approximate surface area is 197 Å². The van der Waals surface area contributed by atoms with E-state index in [2.05, 4.69) is 34.9 Å². The molecule has 1 unspecified atom stereocenters. The number of aliphatic carboxylic acids is 1. The number of aliphatic hydroxyl groups is 1. The van der Waals surface area contributed by atoms with Gasteiger partial charge in [-0.25, -0.2) is 9.59 Å². The lowest BCUT2D eigenvalue weighted by molar-refractivity contribution is -0.147. The first kappa shape index (κ1) is 23.7. The molecular weight excluding hydrogens is 440 g/mol. The maximum absolute atomic E-state index is 12.4. The van der Waals surface area contributed by atoms with Gasteiger partial charge in [-0.2, -0.15) is 0 Å². The lowest BCUT2D eigenvalue weighted by Gasteiger charge is -2.19. The van der Waals surface area contributed by atoms with Gasteiger partial charge < -0.3 is 30.3 Å². The molecule has 4 rings (SSSR count). The van der Waals surface area contributed by atoms with Crippen LogP contribution in [0, 0.1) is 5.92 Å². The van der Waals surface area contributed by atoms with E-state index in [1.807, 2.05) is 24.3 Å². The quantitative estimate of drug-likeness (QED) is 0.441. The number of carboxylic acids is 1. The maximum atomic E-state index is 12.4.